The van der Waals surface area contributed by atoms with Crippen molar-refractivity contribution in [2.24, 2.45) is 11.7 Å². The van der Waals surface area contributed by atoms with E-state index < -0.39 is 5.41 Å². The van der Waals surface area contributed by atoms with Crippen LogP contribution in [0.4, 0.5) is 0 Å². The summed E-state index contributed by atoms with van der Waals surface area (Å²) in [6, 6.07) is 20.3. The van der Waals surface area contributed by atoms with Crippen LogP contribution >= 0.6 is 0 Å². The number of methoxy groups -OCH3 is 1. The molecule has 4 rings (SSSR count). The maximum atomic E-state index is 13.3. The highest BCUT2D eigenvalue weighted by Crippen LogP contribution is 2.49. The average molecular weight is 541 g/mol. The molecule has 0 spiro atoms. The molecule has 3 aromatic rings. The van der Waals surface area contributed by atoms with Gasteiger partial charge in [0.2, 0.25) is 5.91 Å². The number of esters is 1. The molecule has 1 aliphatic rings. The first kappa shape index (κ1) is 26.7. The van der Waals surface area contributed by atoms with E-state index in [1.165, 1.54) is 7.11 Å². The van der Waals surface area contributed by atoms with Gasteiger partial charge in [-0.25, -0.2) is 9.13 Å². The summed E-state index contributed by atoms with van der Waals surface area (Å²) in [5.41, 5.74) is 7.29. The van der Waals surface area contributed by atoms with E-state index in [2.05, 4.69) is 28.5 Å². The van der Waals surface area contributed by atoms with Gasteiger partial charge in [-0.1, -0.05) is 60.7 Å². The molecule has 1 heterocycles. The molecule has 1 saturated carbocycles. The Labute approximate surface area is 217 Å². The number of imidazole rings is 1. The van der Waals surface area contributed by atoms with E-state index in [-0.39, 0.29) is 40.8 Å². The number of hydrogen-bond donors (Lipinski definition) is 1. The molecular weight excluding hydrogens is 506 g/mol. The third-order valence-electron chi connectivity index (χ3n) is 7.46. The van der Waals surface area contributed by atoms with Crippen molar-refractivity contribution in [1.29, 1.82) is 0 Å². The molecule has 0 saturated heterocycles. The van der Waals surface area contributed by atoms with Crippen molar-refractivity contribution in [1.82, 2.24) is 4.57 Å². The molecule has 2 N–H and O–H groups in total. The number of hydrogen-bond acceptors (Lipinski definition) is 3. The fraction of sp³-hybridized carbons (Fsp3) is 0.393. The summed E-state index contributed by atoms with van der Waals surface area (Å²) in [6.45, 7) is 2.88. The third-order valence-corrected chi connectivity index (χ3v) is 7.46. The Morgan fingerprint density at radius 3 is 2.20 bits per heavy atom. The topological polar surface area (TPSA) is 78.2 Å². The second kappa shape index (κ2) is 11.7. The molecule has 2 unspecified atom stereocenters. The number of aromatic nitrogens is 2. The number of ether oxygens (including phenoxy) is 1. The van der Waals surface area contributed by atoms with Crippen molar-refractivity contribution in [3.63, 3.8) is 0 Å². The zero-order valence-electron chi connectivity index (χ0n) is 20.4. The molecule has 1 aliphatic carbocycles. The predicted octanol–water partition coefficient (Wildman–Crippen LogP) is 0.854. The van der Waals surface area contributed by atoms with Crippen molar-refractivity contribution < 1.29 is 35.9 Å². The highest BCUT2D eigenvalue weighted by atomic mass is 79.9. The zero-order valence-corrected chi connectivity index (χ0v) is 22.0. The molecular formula is C28H34BrN3O3. The van der Waals surface area contributed by atoms with Crippen LogP contribution in [0.3, 0.4) is 0 Å². The second-order valence-corrected chi connectivity index (χ2v) is 9.19. The number of carbonyl (C=O) groups is 2. The van der Waals surface area contributed by atoms with Crippen LogP contribution < -0.4 is 27.3 Å². The first-order chi connectivity index (χ1) is 16.5. The largest absolute Gasteiger partial charge is 1.00 e. The molecule has 2 aromatic carbocycles. The minimum atomic E-state index is -0.866. The second-order valence-electron chi connectivity index (χ2n) is 9.19. The van der Waals surface area contributed by atoms with Crippen LogP contribution in [0.25, 0.3) is 0 Å². The highest BCUT2D eigenvalue weighted by molar-refractivity contribution is 5.91. The molecule has 0 radical (unpaired) electrons. The Morgan fingerprint density at radius 2 is 1.66 bits per heavy atom. The van der Waals surface area contributed by atoms with Crippen LogP contribution in [-0.2, 0) is 26.3 Å². The van der Waals surface area contributed by atoms with Crippen LogP contribution in [0.15, 0.2) is 73.1 Å². The predicted molar refractivity (Wildman–Crippen MR) is 130 cm³/mol. The Kier molecular flexibility index (Phi) is 8.89. The average Bonchev–Trinajstić information content (AvgIpc) is 3.48. The van der Waals surface area contributed by atoms with Gasteiger partial charge in [-0.05, 0) is 42.7 Å². The van der Waals surface area contributed by atoms with E-state index in [4.69, 9.17) is 10.5 Å². The van der Waals surface area contributed by atoms with Crippen LogP contribution in [-0.4, -0.2) is 23.6 Å². The molecule has 0 aliphatic heterocycles. The highest BCUT2D eigenvalue weighted by Gasteiger charge is 2.51. The quantitative estimate of drug-likeness (QED) is 0.323. The Morgan fingerprint density at radius 1 is 1.06 bits per heavy atom. The van der Waals surface area contributed by atoms with Gasteiger partial charge in [0, 0.05) is 13.3 Å². The molecule has 6 nitrogen and oxygen atoms in total. The molecule has 0 bridgehead atoms. The number of rotatable bonds is 9. The Balaban J connectivity index is 0.00000342. The summed E-state index contributed by atoms with van der Waals surface area (Å²) >= 11 is 0. The van der Waals surface area contributed by atoms with Crippen molar-refractivity contribution in [3.8, 4) is 0 Å². The summed E-state index contributed by atoms with van der Waals surface area (Å²) in [5.74, 6) is 0.771. The van der Waals surface area contributed by atoms with E-state index in [1.54, 1.807) is 0 Å². The van der Waals surface area contributed by atoms with Gasteiger partial charge in [0.15, 0.2) is 0 Å². The first-order valence-electron chi connectivity index (χ1n) is 12.0. The number of halogens is 1. The number of nitrogens with zero attached hydrogens (tertiary/aromatic N) is 2. The van der Waals surface area contributed by atoms with Crippen molar-refractivity contribution in [2.45, 2.75) is 57.0 Å². The van der Waals surface area contributed by atoms with Crippen LogP contribution in [0.5, 0.6) is 0 Å². The van der Waals surface area contributed by atoms with Gasteiger partial charge < -0.3 is 27.5 Å². The van der Waals surface area contributed by atoms with E-state index in [1.807, 2.05) is 60.7 Å². The Bertz CT molecular complexity index is 1090. The lowest BCUT2D eigenvalue weighted by Crippen LogP contribution is -3.00. The smallest absolute Gasteiger partial charge is 0.305 e. The lowest BCUT2D eigenvalue weighted by Gasteiger charge is -2.37. The standard InChI is InChI=1S/C28H33N3O3.BrH/c1-21-30(17-9-14-26(32)34-2)18-19-31(21)25-16-15-24(20-25)28(27(29)33,22-10-5-3-6-11-22)23-12-7-4-8-13-23;/h3-8,10-13,18-19,24-25H,9,14-17,20H2,1-2H3,(H-,29,33);1H. The van der Waals surface area contributed by atoms with Crippen molar-refractivity contribution in [2.75, 3.05) is 7.11 Å². The summed E-state index contributed by atoms with van der Waals surface area (Å²) in [7, 11) is 1.42. The zero-order chi connectivity index (χ0) is 24.1. The molecule has 2 atom stereocenters. The number of benzene rings is 2. The van der Waals surface area contributed by atoms with Gasteiger partial charge in [-0.2, -0.15) is 0 Å². The maximum absolute atomic E-state index is 13.3. The van der Waals surface area contributed by atoms with Gasteiger partial charge in [0.05, 0.1) is 13.7 Å². The normalized spacial score (nSPS) is 17.5. The van der Waals surface area contributed by atoms with Crippen molar-refractivity contribution >= 4 is 11.9 Å². The lowest BCUT2D eigenvalue weighted by molar-refractivity contribution is -0.702. The molecule has 186 valence electrons. The van der Waals surface area contributed by atoms with Crippen LogP contribution in [0, 0.1) is 12.8 Å². The maximum Gasteiger partial charge on any atom is 0.305 e. The van der Waals surface area contributed by atoms with Crippen molar-refractivity contribution in [3.05, 3.63) is 90.0 Å². The minimum absolute atomic E-state index is 0. The van der Waals surface area contributed by atoms with Gasteiger partial charge >= 0.3 is 5.97 Å². The van der Waals surface area contributed by atoms with Gasteiger partial charge in [0.25, 0.3) is 5.82 Å². The fourth-order valence-corrected chi connectivity index (χ4v) is 5.76. The molecule has 1 fully saturated rings. The van der Waals surface area contributed by atoms with Gasteiger partial charge in [-0.15, -0.1) is 0 Å². The minimum Gasteiger partial charge on any atom is -1.00 e. The van der Waals surface area contributed by atoms with Crippen LogP contribution in [0.2, 0.25) is 0 Å². The molecule has 1 amide bonds. The third kappa shape index (κ3) is 5.20. The SMILES string of the molecule is COC(=O)CCC[n+]1ccn(C2CCC(C(C(N)=O)(c3ccccc3)c3ccccc3)C2)c1C.[Br-]. The monoisotopic (exact) mass is 539 g/mol. The fourth-order valence-electron chi connectivity index (χ4n) is 5.76. The number of aryl methyl sites for hydroxylation is 1. The van der Waals surface area contributed by atoms with Gasteiger partial charge in [0.1, 0.15) is 23.9 Å². The summed E-state index contributed by atoms with van der Waals surface area (Å²) in [4.78, 5) is 24.7. The van der Waals surface area contributed by atoms with E-state index in [9.17, 15) is 9.59 Å². The van der Waals surface area contributed by atoms with E-state index >= 15 is 0 Å². The molecule has 1 aromatic heterocycles. The summed E-state index contributed by atoms with van der Waals surface area (Å²) < 4.78 is 9.26. The number of amides is 1. The number of nitrogens with two attached hydrogens (primary N) is 1. The molecule has 7 heteroatoms. The summed E-state index contributed by atoms with van der Waals surface area (Å²) in [6.07, 6.45) is 8.11. The Hall–Kier alpha value is -2.93. The number of carbonyl (C=O) groups excluding carboxylic acids is 2. The lowest BCUT2D eigenvalue weighted by atomic mass is 9.64. The summed E-state index contributed by atoms with van der Waals surface area (Å²) in [5, 5.41) is 0. The van der Waals surface area contributed by atoms with E-state index in [0.717, 1.165) is 49.2 Å². The van der Waals surface area contributed by atoms with Crippen LogP contribution in [0.1, 0.15) is 55.1 Å². The van der Waals surface area contributed by atoms with E-state index in [0.29, 0.717) is 6.42 Å². The number of primary amides is 1. The molecule has 35 heavy (non-hydrogen) atoms. The van der Waals surface area contributed by atoms with Gasteiger partial charge in [-0.3, -0.25) is 9.59 Å². The first-order valence-corrected chi connectivity index (χ1v) is 12.0.